The molecule has 0 aromatic carbocycles. The third-order valence-electron chi connectivity index (χ3n) is 3.41. The van der Waals surface area contributed by atoms with E-state index in [1.165, 1.54) is 0 Å². The first-order chi connectivity index (χ1) is 9.08. The molecule has 19 heavy (non-hydrogen) atoms. The van der Waals surface area contributed by atoms with Gasteiger partial charge in [-0.1, -0.05) is 18.4 Å². The molecule has 1 heterocycles. The Morgan fingerprint density at radius 1 is 1.11 bits per heavy atom. The maximum Gasteiger partial charge on any atom is 0.119 e. The molecule has 0 radical (unpaired) electrons. The van der Waals surface area contributed by atoms with E-state index < -0.39 is 37.1 Å². The van der Waals surface area contributed by atoms with Crippen molar-refractivity contribution in [2.24, 2.45) is 0 Å². The Kier molecular flexibility index (Phi) is 4.40. The fourth-order valence-electron chi connectivity index (χ4n) is 2.16. The summed E-state index contributed by atoms with van der Waals surface area (Å²) < 4.78 is 5.43. The van der Waals surface area contributed by atoms with Gasteiger partial charge in [-0.3, -0.25) is 0 Å². The van der Waals surface area contributed by atoms with Gasteiger partial charge in [-0.25, -0.2) is 0 Å². The van der Waals surface area contributed by atoms with E-state index in [2.05, 4.69) is 11.5 Å². The van der Waals surface area contributed by atoms with Gasteiger partial charge in [0.25, 0.3) is 0 Å². The summed E-state index contributed by atoms with van der Waals surface area (Å²) in [6, 6.07) is 0. The van der Waals surface area contributed by atoms with Gasteiger partial charge in [0.2, 0.25) is 0 Å². The molecule has 0 aromatic heterocycles. The predicted octanol–water partition coefficient (Wildman–Crippen LogP) is -0.585. The van der Waals surface area contributed by atoms with Crippen LogP contribution in [0.2, 0.25) is 0 Å². The van der Waals surface area contributed by atoms with E-state index in [1.807, 2.05) is 13.0 Å². The quantitative estimate of drug-likeness (QED) is 0.513. The molecular formula is C14H18O5. The molecule has 104 valence electrons. The van der Waals surface area contributed by atoms with Gasteiger partial charge >= 0.3 is 0 Å². The SMILES string of the molecule is CCC1=C=C=C(C2OC(CO)C(O)C(O)C2O)C=C1. The lowest BCUT2D eigenvalue weighted by Crippen LogP contribution is -2.58. The van der Waals surface area contributed by atoms with Crippen molar-refractivity contribution in [3.05, 3.63) is 34.8 Å². The first-order valence-corrected chi connectivity index (χ1v) is 6.31. The van der Waals surface area contributed by atoms with Crippen LogP contribution in [0.5, 0.6) is 0 Å². The highest BCUT2D eigenvalue weighted by atomic mass is 16.5. The Bertz CT molecular complexity index is 466. The van der Waals surface area contributed by atoms with Crippen LogP contribution in [0.15, 0.2) is 34.8 Å². The molecule has 1 aliphatic heterocycles. The number of hydrogen-bond acceptors (Lipinski definition) is 5. The average Bonchev–Trinajstić information content (AvgIpc) is 2.45. The summed E-state index contributed by atoms with van der Waals surface area (Å²) in [5, 5.41) is 38.5. The predicted molar refractivity (Wildman–Crippen MR) is 67.3 cm³/mol. The van der Waals surface area contributed by atoms with E-state index in [9.17, 15) is 15.3 Å². The minimum Gasteiger partial charge on any atom is -0.394 e. The molecule has 0 amide bonds. The number of rotatable bonds is 3. The van der Waals surface area contributed by atoms with Gasteiger partial charge in [0.1, 0.15) is 30.5 Å². The number of aliphatic hydroxyl groups is 4. The fourth-order valence-corrected chi connectivity index (χ4v) is 2.16. The standard InChI is InChI=1S/C14H18O5/c1-2-8-3-5-9(6-4-8)14-13(18)12(17)11(16)10(7-15)19-14/h3,5,10-18H,2,7H2,1H3. The molecule has 5 unspecified atom stereocenters. The molecule has 1 fully saturated rings. The van der Waals surface area contributed by atoms with Gasteiger partial charge < -0.3 is 25.2 Å². The Labute approximate surface area is 111 Å². The molecule has 0 saturated carbocycles. The molecular weight excluding hydrogens is 248 g/mol. The van der Waals surface area contributed by atoms with Gasteiger partial charge in [-0.05, 0) is 18.6 Å². The van der Waals surface area contributed by atoms with Crippen molar-refractivity contribution in [2.45, 2.75) is 43.9 Å². The second-order valence-corrected chi connectivity index (χ2v) is 4.67. The van der Waals surface area contributed by atoms with Crippen LogP contribution in [0, 0.1) is 0 Å². The maximum absolute atomic E-state index is 9.95. The summed E-state index contributed by atoms with van der Waals surface area (Å²) in [6.45, 7) is 1.56. The third kappa shape index (κ3) is 2.73. The van der Waals surface area contributed by atoms with Gasteiger partial charge in [-0.2, -0.15) is 0 Å². The number of hydrogen-bond donors (Lipinski definition) is 4. The van der Waals surface area contributed by atoms with Crippen molar-refractivity contribution >= 4 is 0 Å². The second kappa shape index (κ2) is 5.87. The number of ether oxygens (including phenoxy) is 1. The average molecular weight is 266 g/mol. The van der Waals surface area contributed by atoms with Crippen molar-refractivity contribution in [3.63, 3.8) is 0 Å². The van der Waals surface area contributed by atoms with E-state index in [0.717, 1.165) is 12.0 Å². The van der Waals surface area contributed by atoms with E-state index in [0.29, 0.717) is 5.57 Å². The topological polar surface area (TPSA) is 90.2 Å². The zero-order valence-corrected chi connectivity index (χ0v) is 10.7. The lowest BCUT2D eigenvalue weighted by molar-refractivity contribution is -0.218. The Hall–Kier alpha value is -1.16. The van der Waals surface area contributed by atoms with Crippen LogP contribution >= 0.6 is 0 Å². The van der Waals surface area contributed by atoms with Crippen LogP contribution < -0.4 is 0 Å². The highest BCUT2D eigenvalue weighted by Crippen LogP contribution is 2.27. The lowest BCUT2D eigenvalue weighted by Gasteiger charge is -2.40. The van der Waals surface area contributed by atoms with Crippen LogP contribution in [0.25, 0.3) is 0 Å². The van der Waals surface area contributed by atoms with Gasteiger partial charge in [0.05, 0.1) is 6.61 Å². The van der Waals surface area contributed by atoms with E-state index >= 15 is 0 Å². The summed E-state index contributed by atoms with van der Waals surface area (Å²) in [7, 11) is 0. The zero-order valence-electron chi connectivity index (χ0n) is 10.7. The molecule has 0 bridgehead atoms. The maximum atomic E-state index is 9.95. The molecule has 1 aliphatic carbocycles. The molecule has 5 nitrogen and oxygen atoms in total. The van der Waals surface area contributed by atoms with E-state index in [4.69, 9.17) is 9.84 Å². The van der Waals surface area contributed by atoms with Crippen LogP contribution in [0.3, 0.4) is 0 Å². The molecule has 4 N–H and O–H groups in total. The summed E-state index contributed by atoms with van der Waals surface area (Å²) >= 11 is 0. The first kappa shape index (κ1) is 14.3. The van der Waals surface area contributed by atoms with Crippen molar-refractivity contribution in [1.82, 2.24) is 0 Å². The van der Waals surface area contributed by atoms with E-state index in [-0.39, 0.29) is 0 Å². The van der Waals surface area contributed by atoms with Crippen LogP contribution in [0.1, 0.15) is 13.3 Å². The molecule has 5 atom stereocenters. The summed E-state index contributed by atoms with van der Waals surface area (Å²) in [6.07, 6.45) is -1.30. The molecule has 5 heteroatoms. The molecule has 2 aliphatic rings. The lowest BCUT2D eigenvalue weighted by atomic mass is 9.90. The van der Waals surface area contributed by atoms with Crippen molar-refractivity contribution < 1.29 is 25.2 Å². The smallest absolute Gasteiger partial charge is 0.119 e. The summed E-state index contributed by atoms with van der Waals surface area (Å²) in [5.41, 5.74) is 7.34. The zero-order chi connectivity index (χ0) is 14.0. The monoisotopic (exact) mass is 266 g/mol. The molecule has 0 spiro atoms. The van der Waals surface area contributed by atoms with Gasteiger partial charge in [-0.15, -0.1) is 0 Å². The van der Waals surface area contributed by atoms with Gasteiger partial charge in [0, 0.05) is 11.1 Å². The van der Waals surface area contributed by atoms with Gasteiger partial charge in [0.15, 0.2) is 0 Å². The highest BCUT2D eigenvalue weighted by molar-refractivity contribution is 5.35. The van der Waals surface area contributed by atoms with Crippen molar-refractivity contribution in [2.75, 3.05) is 6.61 Å². The first-order valence-electron chi connectivity index (χ1n) is 6.31. The van der Waals surface area contributed by atoms with Crippen LogP contribution in [0.4, 0.5) is 0 Å². The third-order valence-corrected chi connectivity index (χ3v) is 3.41. The van der Waals surface area contributed by atoms with Crippen molar-refractivity contribution in [1.29, 1.82) is 0 Å². The Balaban J connectivity index is 2.28. The number of allylic oxidation sites excluding steroid dienone is 2. The van der Waals surface area contributed by atoms with Crippen LogP contribution in [-0.2, 0) is 4.74 Å². The van der Waals surface area contributed by atoms with Crippen LogP contribution in [-0.4, -0.2) is 57.6 Å². The van der Waals surface area contributed by atoms with Crippen molar-refractivity contribution in [3.8, 4) is 0 Å². The van der Waals surface area contributed by atoms with E-state index in [1.54, 1.807) is 6.08 Å². The summed E-state index contributed by atoms with van der Waals surface area (Å²) in [5.74, 6) is 0. The summed E-state index contributed by atoms with van der Waals surface area (Å²) in [4.78, 5) is 0. The molecule has 1 saturated heterocycles. The highest BCUT2D eigenvalue weighted by Gasteiger charge is 2.44. The molecule has 2 rings (SSSR count). The second-order valence-electron chi connectivity index (χ2n) is 4.67. The Morgan fingerprint density at radius 3 is 2.37 bits per heavy atom. The fraction of sp³-hybridized carbons (Fsp3) is 0.571. The number of aliphatic hydroxyl groups excluding tert-OH is 4. The largest absolute Gasteiger partial charge is 0.394 e. The normalized spacial score (nSPS) is 38.1. The Morgan fingerprint density at radius 2 is 1.84 bits per heavy atom. The minimum atomic E-state index is -1.37. The molecule has 0 aromatic rings. The minimum absolute atomic E-state index is 0.432.